The molecule has 0 aliphatic heterocycles. The first kappa shape index (κ1) is 21.0. The quantitative estimate of drug-likeness (QED) is 0.345. The van der Waals surface area contributed by atoms with Crippen LogP contribution in [0.4, 0.5) is 0 Å². The molecule has 0 fully saturated rings. The van der Waals surface area contributed by atoms with Crippen LogP contribution in [0.3, 0.4) is 0 Å². The number of amides is 1. The largest absolute Gasteiger partial charge is 0.347 e. The van der Waals surface area contributed by atoms with Crippen molar-refractivity contribution < 1.29 is 4.79 Å². The molecule has 1 N–H and O–H groups in total. The van der Waals surface area contributed by atoms with E-state index < -0.39 is 5.91 Å². The summed E-state index contributed by atoms with van der Waals surface area (Å²) < 4.78 is 1.72. The van der Waals surface area contributed by atoms with Gasteiger partial charge < -0.3 is 5.32 Å². The van der Waals surface area contributed by atoms with Crippen molar-refractivity contribution in [1.29, 1.82) is 5.26 Å². The number of benzene rings is 2. The number of para-hydroxylation sites is 1. The van der Waals surface area contributed by atoms with Gasteiger partial charge >= 0.3 is 0 Å². The van der Waals surface area contributed by atoms with Crippen molar-refractivity contribution in [2.75, 3.05) is 0 Å². The van der Waals surface area contributed by atoms with E-state index in [0.29, 0.717) is 16.3 Å². The molecule has 0 aliphatic carbocycles. The second-order valence-electron chi connectivity index (χ2n) is 6.93. The van der Waals surface area contributed by atoms with Crippen molar-refractivity contribution in [2.45, 2.75) is 6.54 Å². The third-order valence-corrected chi connectivity index (χ3v) is 4.97. The molecule has 2 aromatic heterocycles. The predicted molar refractivity (Wildman–Crippen MR) is 124 cm³/mol. The summed E-state index contributed by atoms with van der Waals surface area (Å²) in [5, 5.41) is 17.7. The van der Waals surface area contributed by atoms with Crippen molar-refractivity contribution in [2.24, 2.45) is 0 Å². The average molecular weight is 440 g/mol. The number of hydrogen-bond donors (Lipinski definition) is 1. The molecule has 156 valence electrons. The zero-order chi connectivity index (χ0) is 22.3. The lowest BCUT2D eigenvalue weighted by Crippen LogP contribution is -2.24. The van der Waals surface area contributed by atoms with Gasteiger partial charge in [0.05, 0.1) is 11.4 Å². The maximum absolute atomic E-state index is 12.7. The fraction of sp³-hybridized carbons (Fsp3) is 0.0400. The van der Waals surface area contributed by atoms with Crippen LogP contribution in [-0.2, 0) is 11.3 Å². The van der Waals surface area contributed by atoms with E-state index >= 15 is 0 Å². The zero-order valence-corrected chi connectivity index (χ0v) is 17.7. The molecule has 0 radical (unpaired) electrons. The summed E-state index contributed by atoms with van der Waals surface area (Å²) in [4.78, 5) is 16.7. The summed E-state index contributed by atoms with van der Waals surface area (Å²) in [5.74, 6) is -0.467. The van der Waals surface area contributed by atoms with E-state index in [4.69, 9.17) is 16.7 Å². The van der Waals surface area contributed by atoms with Crippen LogP contribution in [0.25, 0.3) is 23.0 Å². The number of pyridine rings is 1. The molecule has 2 heterocycles. The Morgan fingerprint density at radius 2 is 1.88 bits per heavy atom. The molecule has 0 saturated heterocycles. The number of carbonyl (C=O) groups is 1. The summed E-state index contributed by atoms with van der Waals surface area (Å²) in [6.07, 6.45) is 6.67. The van der Waals surface area contributed by atoms with Crippen molar-refractivity contribution in [3.63, 3.8) is 0 Å². The first-order valence-electron chi connectivity index (χ1n) is 9.84. The third-order valence-electron chi connectivity index (χ3n) is 4.72. The van der Waals surface area contributed by atoms with E-state index in [1.807, 2.05) is 54.6 Å². The molecule has 1 amide bonds. The normalized spacial score (nSPS) is 11.1. The molecule has 0 bridgehead atoms. The van der Waals surface area contributed by atoms with Gasteiger partial charge in [0.25, 0.3) is 5.91 Å². The van der Waals surface area contributed by atoms with Gasteiger partial charge in [0, 0.05) is 41.3 Å². The van der Waals surface area contributed by atoms with Crippen molar-refractivity contribution in [1.82, 2.24) is 20.1 Å². The van der Waals surface area contributed by atoms with Gasteiger partial charge in [-0.2, -0.15) is 10.4 Å². The Bertz CT molecular complexity index is 1290. The molecule has 7 heteroatoms. The maximum Gasteiger partial charge on any atom is 0.262 e. The fourth-order valence-electron chi connectivity index (χ4n) is 3.12. The van der Waals surface area contributed by atoms with Crippen LogP contribution in [0.5, 0.6) is 0 Å². The highest BCUT2D eigenvalue weighted by Crippen LogP contribution is 2.27. The molecule has 2 aromatic carbocycles. The summed E-state index contributed by atoms with van der Waals surface area (Å²) >= 11 is 6.04. The van der Waals surface area contributed by atoms with Crippen molar-refractivity contribution in [3.05, 3.63) is 107 Å². The molecular weight excluding hydrogens is 422 g/mol. The minimum absolute atomic E-state index is 0.0169. The Balaban J connectivity index is 1.69. The zero-order valence-electron chi connectivity index (χ0n) is 16.9. The van der Waals surface area contributed by atoms with Gasteiger partial charge in [-0.05, 0) is 42.0 Å². The summed E-state index contributed by atoms with van der Waals surface area (Å²) in [7, 11) is 0. The summed E-state index contributed by atoms with van der Waals surface area (Å²) in [5.41, 5.74) is 3.79. The van der Waals surface area contributed by atoms with Gasteiger partial charge in [0.2, 0.25) is 0 Å². The first-order chi connectivity index (χ1) is 15.6. The van der Waals surface area contributed by atoms with E-state index in [2.05, 4.69) is 10.3 Å². The van der Waals surface area contributed by atoms with E-state index in [9.17, 15) is 10.1 Å². The fourth-order valence-corrected chi connectivity index (χ4v) is 3.25. The Morgan fingerprint density at radius 3 is 2.56 bits per heavy atom. The van der Waals surface area contributed by atoms with Gasteiger partial charge in [-0.1, -0.05) is 48.0 Å². The second-order valence-corrected chi connectivity index (χ2v) is 7.37. The van der Waals surface area contributed by atoms with Gasteiger partial charge in [-0.25, -0.2) is 4.68 Å². The van der Waals surface area contributed by atoms with E-state index in [1.165, 1.54) is 0 Å². The molecule has 0 saturated carbocycles. The van der Waals surface area contributed by atoms with Crippen LogP contribution in [0.15, 0.2) is 90.9 Å². The van der Waals surface area contributed by atoms with Crippen LogP contribution in [-0.4, -0.2) is 20.7 Å². The minimum atomic E-state index is -0.467. The number of nitrogens with one attached hydrogen (secondary N) is 1. The standard InChI is InChI=1S/C25H18ClN5O/c26-22-10-8-19(9-11-22)24-21(17-31(30-24)23-6-2-1-3-7-23)13-20(14-27)25(32)29-16-18-5-4-12-28-15-18/h1-13,15,17H,16H2,(H,29,32). The van der Waals surface area contributed by atoms with Crippen LogP contribution >= 0.6 is 11.6 Å². The van der Waals surface area contributed by atoms with Gasteiger partial charge in [0.15, 0.2) is 0 Å². The Hall–Kier alpha value is -4.21. The minimum Gasteiger partial charge on any atom is -0.347 e. The van der Waals surface area contributed by atoms with Crippen molar-refractivity contribution in [3.8, 4) is 23.0 Å². The Morgan fingerprint density at radius 1 is 1.09 bits per heavy atom. The molecule has 0 aliphatic rings. The Kier molecular flexibility index (Phi) is 6.40. The van der Waals surface area contributed by atoms with Crippen LogP contribution < -0.4 is 5.32 Å². The van der Waals surface area contributed by atoms with Crippen LogP contribution in [0.1, 0.15) is 11.1 Å². The number of nitrogens with zero attached hydrogens (tertiary/aromatic N) is 4. The molecular formula is C25H18ClN5O. The van der Waals surface area contributed by atoms with Crippen molar-refractivity contribution >= 4 is 23.6 Å². The van der Waals surface area contributed by atoms with E-state index in [-0.39, 0.29) is 12.1 Å². The molecule has 6 nitrogen and oxygen atoms in total. The smallest absolute Gasteiger partial charge is 0.262 e. The predicted octanol–water partition coefficient (Wildman–Crippen LogP) is 4.81. The highest BCUT2D eigenvalue weighted by Gasteiger charge is 2.15. The Labute approximate surface area is 190 Å². The monoisotopic (exact) mass is 439 g/mol. The highest BCUT2D eigenvalue weighted by molar-refractivity contribution is 6.30. The third kappa shape index (κ3) is 4.91. The number of nitriles is 1. The maximum atomic E-state index is 12.7. The SMILES string of the molecule is N#CC(=Cc1cn(-c2ccccc2)nc1-c1ccc(Cl)cc1)C(=O)NCc1cccnc1. The molecule has 4 rings (SSSR count). The van der Waals surface area contributed by atoms with Crippen LogP contribution in [0.2, 0.25) is 5.02 Å². The average Bonchev–Trinajstić information content (AvgIpc) is 3.26. The second kappa shape index (κ2) is 9.73. The molecule has 0 spiro atoms. The number of aromatic nitrogens is 3. The summed E-state index contributed by atoms with van der Waals surface area (Å²) in [6.45, 7) is 0.277. The number of hydrogen-bond acceptors (Lipinski definition) is 4. The lowest BCUT2D eigenvalue weighted by Gasteiger charge is -2.04. The number of rotatable bonds is 6. The number of halogens is 1. The van der Waals surface area contributed by atoms with Gasteiger partial charge in [0.1, 0.15) is 11.6 Å². The topological polar surface area (TPSA) is 83.6 Å². The molecule has 4 aromatic rings. The van der Waals surface area contributed by atoms with Crippen LogP contribution in [0, 0.1) is 11.3 Å². The van der Waals surface area contributed by atoms with E-state index in [0.717, 1.165) is 16.8 Å². The number of carbonyl (C=O) groups excluding carboxylic acids is 1. The molecule has 32 heavy (non-hydrogen) atoms. The highest BCUT2D eigenvalue weighted by atomic mass is 35.5. The van der Waals surface area contributed by atoms with Gasteiger partial charge in [-0.15, -0.1) is 0 Å². The lowest BCUT2D eigenvalue weighted by molar-refractivity contribution is -0.117. The molecule has 0 unspecified atom stereocenters. The summed E-state index contributed by atoms with van der Waals surface area (Å²) in [6, 6.07) is 22.5. The van der Waals surface area contributed by atoms with Gasteiger partial charge in [-0.3, -0.25) is 9.78 Å². The molecule has 0 atom stereocenters. The van der Waals surface area contributed by atoms with E-state index in [1.54, 1.807) is 47.5 Å². The lowest BCUT2D eigenvalue weighted by atomic mass is 10.1. The first-order valence-corrected chi connectivity index (χ1v) is 10.2.